The van der Waals surface area contributed by atoms with Gasteiger partial charge in [0.05, 0.1) is 6.61 Å². The topological polar surface area (TPSA) is 27.1 Å². The van der Waals surface area contributed by atoms with Crippen molar-refractivity contribution < 1.29 is 4.74 Å². The summed E-state index contributed by atoms with van der Waals surface area (Å²) >= 11 is 2.32. The number of benzene rings is 1. The van der Waals surface area contributed by atoms with E-state index in [1.165, 1.54) is 9.99 Å². The predicted molar refractivity (Wildman–Crippen MR) is 86.1 cm³/mol. The summed E-state index contributed by atoms with van der Waals surface area (Å²) in [5.41, 5.74) is 1.16. The van der Waals surface area contributed by atoms with Crippen molar-refractivity contribution >= 4 is 22.6 Å². The molecule has 0 aliphatic carbocycles. The van der Waals surface area contributed by atoms with Gasteiger partial charge in [0.15, 0.2) is 0 Å². The third-order valence-corrected chi connectivity index (χ3v) is 3.59. The van der Waals surface area contributed by atoms with Crippen LogP contribution < -0.4 is 0 Å². The second kappa shape index (κ2) is 7.65. The molecule has 0 fully saturated rings. The van der Waals surface area contributed by atoms with Gasteiger partial charge in [0, 0.05) is 34.7 Å². The first-order valence-corrected chi connectivity index (χ1v) is 7.74. The Hall–Kier alpha value is -0.880. The largest absolute Gasteiger partial charge is 0.380 e. The average molecular weight is 370 g/mol. The van der Waals surface area contributed by atoms with E-state index in [1.54, 1.807) is 0 Å². The lowest BCUT2D eigenvalue weighted by atomic mass is 10.2. The lowest BCUT2D eigenvalue weighted by Gasteiger charge is -2.08. The van der Waals surface area contributed by atoms with E-state index < -0.39 is 0 Å². The van der Waals surface area contributed by atoms with Crippen LogP contribution in [0.1, 0.15) is 19.8 Å². The Morgan fingerprint density at radius 2 is 2.21 bits per heavy atom. The Morgan fingerprint density at radius 1 is 1.32 bits per heavy atom. The minimum atomic E-state index is 0.743. The number of imidazole rings is 1. The van der Waals surface area contributed by atoms with Crippen LogP contribution in [0.15, 0.2) is 36.7 Å². The highest BCUT2D eigenvalue weighted by molar-refractivity contribution is 14.1. The highest BCUT2D eigenvalue weighted by Gasteiger charge is 2.05. The van der Waals surface area contributed by atoms with E-state index in [0.29, 0.717) is 0 Å². The Bertz CT molecular complexity index is 510. The zero-order chi connectivity index (χ0) is 13.5. The quantitative estimate of drug-likeness (QED) is 0.545. The fraction of sp³-hybridized carbons (Fsp3) is 0.400. The molecule has 0 spiro atoms. The molecule has 2 aromatic rings. The molecule has 1 aromatic carbocycles. The molecule has 4 heteroatoms. The Labute approximate surface area is 128 Å². The maximum Gasteiger partial charge on any atom is 0.139 e. The van der Waals surface area contributed by atoms with Gasteiger partial charge in [-0.2, -0.15) is 0 Å². The average Bonchev–Trinajstić information content (AvgIpc) is 2.87. The summed E-state index contributed by atoms with van der Waals surface area (Å²) in [6.07, 6.45) is 6.17. The zero-order valence-electron chi connectivity index (χ0n) is 11.2. The lowest BCUT2D eigenvalue weighted by molar-refractivity contribution is 0.124. The second-order valence-electron chi connectivity index (χ2n) is 4.42. The number of halogens is 1. The molecule has 0 saturated carbocycles. The molecule has 1 aromatic heterocycles. The predicted octanol–water partition coefficient (Wildman–Crippen LogP) is 3.97. The van der Waals surface area contributed by atoms with Crippen LogP contribution in [0.25, 0.3) is 11.4 Å². The molecule has 3 nitrogen and oxygen atoms in total. The minimum Gasteiger partial charge on any atom is -0.380 e. The van der Waals surface area contributed by atoms with Crippen molar-refractivity contribution in [2.75, 3.05) is 13.2 Å². The fourth-order valence-corrected chi connectivity index (χ4v) is 2.43. The summed E-state index contributed by atoms with van der Waals surface area (Å²) in [5.74, 6) is 1.01. The van der Waals surface area contributed by atoms with Gasteiger partial charge in [0.1, 0.15) is 5.82 Å². The second-order valence-corrected chi connectivity index (χ2v) is 5.67. The van der Waals surface area contributed by atoms with E-state index in [0.717, 1.165) is 37.6 Å². The van der Waals surface area contributed by atoms with Crippen molar-refractivity contribution in [1.29, 1.82) is 0 Å². The molecule has 0 N–H and O–H groups in total. The van der Waals surface area contributed by atoms with Crippen LogP contribution >= 0.6 is 22.6 Å². The van der Waals surface area contributed by atoms with Crippen molar-refractivity contribution in [2.24, 2.45) is 0 Å². The van der Waals surface area contributed by atoms with Crippen LogP contribution in [0.3, 0.4) is 0 Å². The van der Waals surface area contributed by atoms with E-state index >= 15 is 0 Å². The van der Waals surface area contributed by atoms with Crippen LogP contribution in [0.4, 0.5) is 0 Å². The molecule has 0 atom stereocenters. The van der Waals surface area contributed by atoms with Crippen LogP contribution in [0.2, 0.25) is 0 Å². The molecule has 102 valence electrons. The Kier molecular flexibility index (Phi) is 5.85. The molecule has 0 aliphatic rings. The van der Waals surface area contributed by atoms with Gasteiger partial charge in [0.25, 0.3) is 0 Å². The molecule has 1 heterocycles. The number of unbranched alkanes of at least 4 members (excludes halogenated alkanes) is 1. The lowest BCUT2D eigenvalue weighted by Crippen LogP contribution is -2.07. The monoisotopic (exact) mass is 370 g/mol. The fourth-order valence-electron chi connectivity index (χ4n) is 1.89. The zero-order valence-corrected chi connectivity index (χ0v) is 13.3. The summed E-state index contributed by atoms with van der Waals surface area (Å²) in [5, 5.41) is 0. The molecule has 2 rings (SSSR count). The molecule has 0 bridgehead atoms. The summed E-state index contributed by atoms with van der Waals surface area (Å²) in [6, 6.07) is 8.40. The van der Waals surface area contributed by atoms with Gasteiger partial charge in [0.2, 0.25) is 0 Å². The van der Waals surface area contributed by atoms with Crippen LogP contribution in [0.5, 0.6) is 0 Å². The Balaban J connectivity index is 1.98. The minimum absolute atomic E-state index is 0.743. The first-order chi connectivity index (χ1) is 9.31. The van der Waals surface area contributed by atoms with Crippen molar-refractivity contribution in [3.8, 4) is 11.4 Å². The van der Waals surface area contributed by atoms with Crippen LogP contribution in [0, 0.1) is 3.57 Å². The van der Waals surface area contributed by atoms with Crippen molar-refractivity contribution in [1.82, 2.24) is 9.55 Å². The maximum atomic E-state index is 5.61. The molecule has 0 amide bonds. The van der Waals surface area contributed by atoms with Gasteiger partial charge >= 0.3 is 0 Å². The van der Waals surface area contributed by atoms with Gasteiger partial charge in [-0.1, -0.05) is 25.5 Å². The SMILES string of the molecule is CCCCOCCn1ccnc1-c1cccc(I)c1. The van der Waals surface area contributed by atoms with Crippen molar-refractivity contribution in [2.45, 2.75) is 26.3 Å². The first kappa shape index (κ1) is 14.5. The van der Waals surface area contributed by atoms with Crippen molar-refractivity contribution in [3.63, 3.8) is 0 Å². The summed E-state index contributed by atoms with van der Waals surface area (Å²) in [6.45, 7) is 4.62. The number of hydrogen-bond donors (Lipinski definition) is 0. The highest BCUT2D eigenvalue weighted by atomic mass is 127. The van der Waals surface area contributed by atoms with Crippen LogP contribution in [-0.4, -0.2) is 22.8 Å². The van der Waals surface area contributed by atoms with Gasteiger partial charge in [-0.15, -0.1) is 0 Å². The Morgan fingerprint density at radius 3 is 3.00 bits per heavy atom. The maximum absolute atomic E-state index is 5.61. The van der Waals surface area contributed by atoms with E-state index in [4.69, 9.17) is 4.74 Å². The van der Waals surface area contributed by atoms with Gasteiger partial charge in [-0.3, -0.25) is 0 Å². The first-order valence-electron chi connectivity index (χ1n) is 6.66. The van der Waals surface area contributed by atoms with E-state index in [1.807, 2.05) is 12.4 Å². The summed E-state index contributed by atoms with van der Waals surface area (Å²) < 4.78 is 8.99. The van der Waals surface area contributed by atoms with E-state index in [-0.39, 0.29) is 0 Å². The van der Waals surface area contributed by atoms with Gasteiger partial charge in [-0.25, -0.2) is 4.98 Å². The standard InChI is InChI=1S/C15H19IN2O/c1-2-3-10-19-11-9-18-8-7-17-15(18)13-5-4-6-14(16)12-13/h4-8,12H,2-3,9-11H2,1H3. The molecule has 0 radical (unpaired) electrons. The van der Waals surface area contributed by atoms with Crippen LogP contribution in [-0.2, 0) is 11.3 Å². The third-order valence-electron chi connectivity index (χ3n) is 2.92. The number of aromatic nitrogens is 2. The highest BCUT2D eigenvalue weighted by Crippen LogP contribution is 2.19. The molecular weight excluding hydrogens is 351 g/mol. The summed E-state index contributed by atoms with van der Waals surface area (Å²) in [4.78, 5) is 4.45. The van der Waals surface area contributed by atoms with Crippen molar-refractivity contribution in [3.05, 3.63) is 40.2 Å². The normalized spacial score (nSPS) is 10.8. The van der Waals surface area contributed by atoms with E-state index in [2.05, 4.69) is 63.3 Å². The van der Waals surface area contributed by atoms with Gasteiger partial charge < -0.3 is 9.30 Å². The molecule has 19 heavy (non-hydrogen) atoms. The number of ether oxygens (including phenoxy) is 1. The molecule has 0 aliphatic heterocycles. The molecule has 0 unspecified atom stereocenters. The molecule has 0 saturated heterocycles. The van der Waals surface area contributed by atoms with Gasteiger partial charge in [-0.05, 0) is 41.1 Å². The summed E-state index contributed by atoms with van der Waals surface area (Å²) in [7, 11) is 0. The number of nitrogens with zero attached hydrogens (tertiary/aromatic N) is 2. The number of rotatable bonds is 7. The third kappa shape index (κ3) is 4.31. The smallest absolute Gasteiger partial charge is 0.139 e. The van der Waals surface area contributed by atoms with E-state index in [9.17, 15) is 0 Å². The molecular formula is C15H19IN2O. The number of hydrogen-bond acceptors (Lipinski definition) is 2.